The average molecular weight is 384 g/mol. The number of hydrogen-bond donors (Lipinski definition) is 3. The third kappa shape index (κ3) is 5.42. The molecule has 0 aromatic carbocycles. The van der Waals surface area contributed by atoms with Crippen molar-refractivity contribution in [2.24, 2.45) is 5.92 Å². The van der Waals surface area contributed by atoms with Crippen LogP contribution in [-0.2, 0) is 16.1 Å². The predicted molar refractivity (Wildman–Crippen MR) is 106 cm³/mol. The number of nitrogens with one attached hydrogen (secondary N) is 3. The fourth-order valence-electron chi connectivity index (χ4n) is 3.56. The van der Waals surface area contributed by atoms with Crippen LogP contribution in [0.5, 0.6) is 0 Å². The molecule has 2 aromatic rings. The number of carbonyl (C=O) groups is 2. The Balaban J connectivity index is 1.59. The summed E-state index contributed by atoms with van der Waals surface area (Å²) >= 11 is 0. The van der Waals surface area contributed by atoms with Gasteiger partial charge in [0.05, 0.1) is 12.1 Å². The lowest BCUT2D eigenvalue weighted by atomic mass is 9.83. The van der Waals surface area contributed by atoms with E-state index in [1.807, 2.05) is 12.1 Å². The maximum atomic E-state index is 12.7. The van der Waals surface area contributed by atoms with Crippen molar-refractivity contribution in [3.05, 3.63) is 54.1 Å². The van der Waals surface area contributed by atoms with Gasteiger partial charge in [0.25, 0.3) is 5.91 Å². The topological polar surface area (TPSA) is 96.1 Å². The van der Waals surface area contributed by atoms with E-state index in [0.29, 0.717) is 25.3 Å². The minimum Gasteiger partial charge on any atom is -0.376 e. The molecule has 0 aliphatic heterocycles. The van der Waals surface area contributed by atoms with E-state index in [-0.39, 0.29) is 29.9 Å². The van der Waals surface area contributed by atoms with Crippen LogP contribution in [0.1, 0.15) is 48.7 Å². The monoisotopic (exact) mass is 384 g/mol. The summed E-state index contributed by atoms with van der Waals surface area (Å²) in [6, 6.07) is 7.12. The van der Waals surface area contributed by atoms with Crippen molar-refractivity contribution in [3.8, 4) is 0 Å². The van der Waals surface area contributed by atoms with Crippen LogP contribution >= 0.6 is 0 Å². The van der Waals surface area contributed by atoms with E-state index in [2.05, 4.69) is 27.5 Å². The van der Waals surface area contributed by atoms with E-state index in [1.54, 1.807) is 30.7 Å². The molecule has 1 aliphatic carbocycles. The van der Waals surface area contributed by atoms with Gasteiger partial charge in [-0.3, -0.25) is 14.6 Å². The van der Waals surface area contributed by atoms with Crippen molar-refractivity contribution < 1.29 is 14.3 Å². The molecule has 0 unspecified atom stereocenters. The number of ether oxygens (including phenoxy) is 1. The molecule has 3 atom stereocenters. The van der Waals surface area contributed by atoms with Crippen molar-refractivity contribution in [3.63, 3.8) is 0 Å². The van der Waals surface area contributed by atoms with Gasteiger partial charge in [-0.25, -0.2) is 0 Å². The zero-order valence-corrected chi connectivity index (χ0v) is 16.2. The molecule has 2 aromatic heterocycles. The van der Waals surface area contributed by atoms with Crippen LogP contribution < -0.4 is 10.6 Å². The minimum absolute atomic E-state index is 0.0110. The first kappa shape index (κ1) is 20.1. The maximum Gasteiger partial charge on any atom is 0.267 e. The second-order valence-corrected chi connectivity index (χ2v) is 7.16. The zero-order chi connectivity index (χ0) is 19.8. The quantitative estimate of drug-likeness (QED) is 0.651. The van der Waals surface area contributed by atoms with Gasteiger partial charge in [0.15, 0.2) is 0 Å². The highest BCUT2D eigenvalue weighted by Crippen LogP contribution is 2.27. The van der Waals surface area contributed by atoms with Crippen molar-refractivity contribution in [2.75, 3.05) is 6.61 Å². The number of H-pyrrole nitrogens is 1. The first-order valence-corrected chi connectivity index (χ1v) is 9.89. The number of aromatic nitrogens is 2. The van der Waals surface area contributed by atoms with Crippen molar-refractivity contribution in [1.29, 1.82) is 0 Å². The number of rotatable bonds is 8. The summed E-state index contributed by atoms with van der Waals surface area (Å²) in [5.74, 6) is -0.305. The van der Waals surface area contributed by atoms with Gasteiger partial charge >= 0.3 is 0 Å². The van der Waals surface area contributed by atoms with Crippen LogP contribution in [0.25, 0.3) is 0 Å². The molecule has 0 bridgehead atoms. The van der Waals surface area contributed by atoms with E-state index in [1.165, 1.54) is 0 Å². The van der Waals surface area contributed by atoms with Crippen LogP contribution in [0, 0.1) is 5.92 Å². The van der Waals surface area contributed by atoms with Gasteiger partial charge in [-0.15, -0.1) is 0 Å². The zero-order valence-electron chi connectivity index (χ0n) is 16.2. The Hall–Kier alpha value is -2.67. The summed E-state index contributed by atoms with van der Waals surface area (Å²) in [7, 11) is 0. The summed E-state index contributed by atoms with van der Waals surface area (Å²) in [5, 5.41) is 6.04. The SMILES string of the molecule is CCCO[C@@H]1CC[C@H](C(=O)NCc2cccnc2)C[C@H]1NC(=O)c1ccc[nH]1. The average Bonchev–Trinajstić information content (AvgIpc) is 3.27. The summed E-state index contributed by atoms with van der Waals surface area (Å²) < 4.78 is 5.96. The third-order valence-electron chi connectivity index (χ3n) is 5.04. The summed E-state index contributed by atoms with van der Waals surface area (Å²) in [4.78, 5) is 32.1. The summed E-state index contributed by atoms with van der Waals surface area (Å²) in [6.07, 6.45) is 8.09. The molecule has 7 heteroatoms. The predicted octanol–water partition coefficient (Wildman–Crippen LogP) is 2.42. The molecule has 3 rings (SSSR count). The van der Waals surface area contributed by atoms with Gasteiger partial charge in [-0.2, -0.15) is 0 Å². The van der Waals surface area contributed by atoms with Gasteiger partial charge in [0.1, 0.15) is 5.69 Å². The molecule has 2 amide bonds. The highest BCUT2D eigenvalue weighted by molar-refractivity contribution is 5.92. The molecule has 7 nitrogen and oxygen atoms in total. The Kier molecular flexibility index (Phi) is 7.19. The Morgan fingerprint density at radius 3 is 2.89 bits per heavy atom. The number of nitrogens with zero attached hydrogens (tertiary/aromatic N) is 1. The Bertz CT molecular complexity index is 748. The molecule has 3 N–H and O–H groups in total. The van der Waals surface area contributed by atoms with Crippen molar-refractivity contribution in [1.82, 2.24) is 20.6 Å². The molecule has 2 heterocycles. The standard InChI is InChI=1S/C21H28N4O3/c1-2-11-28-19-8-7-16(20(26)24-14-15-5-3-9-22-13-15)12-18(19)25-21(27)17-6-4-10-23-17/h3-6,9-10,13,16,18-19,23H,2,7-8,11-12,14H2,1H3,(H,24,26)(H,25,27)/t16-,18+,19+/m0/s1. The molecule has 1 saturated carbocycles. The molecule has 150 valence electrons. The number of pyridine rings is 1. The normalized spacial score (nSPS) is 21.8. The lowest BCUT2D eigenvalue weighted by molar-refractivity contribution is -0.127. The molecule has 28 heavy (non-hydrogen) atoms. The third-order valence-corrected chi connectivity index (χ3v) is 5.04. The largest absolute Gasteiger partial charge is 0.376 e. The number of amides is 2. The number of aromatic amines is 1. The number of hydrogen-bond acceptors (Lipinski definition) is 4. The maximum absolute atomic E-state index is 12.7. The molecule has 1 aliphatic rings. The van der Waals surface area contributed by atoms with E-state index in [9.17, 15) is 9.59 Å². The van der Waals surface area contributed by atoms with E-state index in [0.717, 1.165) is 24.8 Å². The van der Waals surface area contributed by atoms with Crippen LogP contribution in [0.3, 0.4) is 0 Å². The molecule has 0 spiro atoms. The van der Waals surface area contributed by atoms with Crippen LogP contribution in [0.4, 0.5) is 0 Å². The molecular formula is C21H28N4O3. The van der Waals surface area contributed by atoms with E-state index in [4.69, 9.17) is 4.74 Å². The second-order valence-electron chi connectivity index (χ2n) is 7.16. The van der Waals surface area contributed by atoms with Crippen molar-refractivity contribution in [2.45, 2.75) is 51.3 Å². The molecular weight excluding hydrogens is 356 g/mol. The highest BCUT2D eigenvalue weighted by atomic mass is 16.5. The summed E-state index contributed by atoms with van der Waals surface area (Å²) in [6.45, 7) is 3.17. The van der Waals surface area contributed by atoms with Gasteiger partial charge in [0.2, 0.25) is 5.91 Å². The van der Waals surface area contributed by atoms with E-state index >= 15 is 0 Å². The van der Waals surface area contributed by atoms with Crippen LogP contribution in [0.15, 0.2) is 42.9 Å². The Labute approximate surface area is 165 Å². The highest BCUT2D eigenvalue weighted by Gasteiger charge is 2.35. The van der Waals surface area contributed by atoms with Crippen LogP contribution in [-0.4, -0.2) is 40.5 Å². The van der Waals surface area contributed by atoms with Crippen molar-refractivity contribution >= 4 is 11.8 Å². The van der Waals surface area contributed by atoms with Gasteiger partial charge in [0, 0.05) is 37.7 Å². The van der Waals surface area contributed by atoms with Gasteiger partial charge in [-0.1, -0.05) is 13.0 Å². The van der Waals surface area contributed by atoms with Gasteiger partial charge in [-0.05, 0) is 49.4 Å². The first-order valence-electron chi connectivity index (χ1n) is 9.89. The number of carbonyl (C=O) groups excluding carboxylic acids is 2. The van der Waals surface area contributed by atoms with Gasteiger partial charge < -0.3 is 20.4 Å². The molecule has 0 radical (unpaired) electrons. The summed E-state index contributed by atoms with van der Waals surface area (Å²) in [5.41, 5.74) is 1.48. The lowest BCUT2D eigenvalue weighted by Crippen LogP contribution is -2.50. The molecule has 0 saturated heterocycles. The lowest BCUT2D eigenvalue weighted by Gasteiger charge is -2.35. The Morgan fingerprint density at radius 1 is 1.29 bits per heavy atom. The van der Waals surface area contributed by atoms with Crippen LogP contribution in [0.2, 0.25) is 0 Å². The second kappa shape index (κ2) is 10.0. The Morgan fingerprint density at radius 2 is 2.18 bits per heavy atom. The first-order chi connectivity index (χ1) is 13.7. The molecule has 1 fully saturated rings. The fourth-order valence-corrected chi connectivity index (χ4v) is 3.56. The fraction of sp³-hybridized carbons (Fsp3) is 0.476. The minimum atomic E-state index is -0.190. The smallest absolute Gasteiger partial charge is 0.267 e. The van der Waals surface area contributed by atoms with E-state index < -0.39 is 0 Å².